The number of amides is 2. The molecule has 5 nitrogen and oxygen atoms in total. The summed E-state index contributed by atoms with van der Waals surface area (Å²) in [5, 5.41) is 6.26. The average molecular weight is 449 g/mol. The van der Waals surface area contributed by atoms with E-state index in [9.17, 15) is 9.59 Å². The number of benzene rings is 3. The first-order valence-corrected chi connectivity index (χ1v) is 11.0. The fraction of sp³-hybridized carbons (Fsp3) is 0.231. The van der Waals surface area contributed by atoms with E-state index in [1.807, 2.05) is 30.3 Å². The highest BCUT2D eigenvalue weighted by molar-refractivity contribution is 6.34. The predicted octanol–water partition coefficient (Wildman–Crippen LogP) is 6.05. The summed E-state index contributed by atoms with van der Waals surface area (Å²) in [4.78, 5) is 26.0. The molecule has 0 atom stereocenters. The number of methoxy groups -OCH3 is 1. The number of anilines is 2. The number of carbonyl (C=O) groups excluding carboxylic acids is 2. The molecule has 0 heterocycles. The van der Waals surface area contributed by atoms with Crippen LogP contribution in [-0.4, -0.2) is 18.9 Å². The first-order valence-electron chi connectivity index (χ1n) is 10.6. The SMILES string of the molecule is COc1cc(NC(=O)C2(c3ccccc3)CCCC2)ccc1NC(=O)c1ccccc1Cl. The quantitative estimate of drug-likeness (QED) is 0.482. The maximum atomic E-state index is 13.4. The van der Waals surface area contributed by atoms with Gasteiger partial charge in [0.05, 0.1) is 28.8 Å². The second-order valence-electron chi connectivity index (χ2n) is 7.96. The van der Waals surface area contributed by atoms with E-state index in [2.05, 4.69) is 10.6 Å². The van der Waals surface area contributed by atoms with Crippen molar-refractivity contribution in [2.24, 2.45) is 0 Å². The predicted molar refractivity (Wildman–Crippen MR) is 128 cm³/mol. The largest absolute Gasteiger partial charge is 0.494 e. The Kier molecular flexibility index (Phi) is 6.47. The summed E-state index contributed by atoms with van der Waals surface area (Å²) in [6.07, 6.45) is 3.70. The van der Waals surface area contributed by atoms with Crippen LogP contribution in [0.15, 0.2) is 72.8 Å². The number of carbonyl (C=O) groups is 2. The van der Waals surface area contributed by atoms with Crippen LogP contribution in [0.2, 0.25) is 5.02 Å². The molecule has 1 aliphatic carbocycles. The van der Waals surface area contributed by atoms with Gasteiger partial charge < -0.3 is 15.4 Å². The van der Waals surface area contributed by atoms with Crippen LogP contribution in [0, 0.1) is 0 Å². The molecule has 0 aromatic heterocycles. The van der Waals surface area contributed by atoms with Gasteiger partial charge in [-0.15, -0.1) is 0 Å². The third-order valence-corrected chi connectivity index (χ3v) is 6.37. The molecule has 0 unspecified atom stereocenters. The summed E-state index contributed by atoms with van der Waals surface area (Å²) in [5.41, 5.74) is 2.01. The van der Waals surface area contributed by atoms with Crippen molar-refractivity contribution >= 4 is 34.8 Å². The standard InChI is InChI=1S/C26H25ClN2O3/c1-32-23-17-19(13-14-22(23)29-24(30)20-11-5-6-12-21(20)27)28-25(31)26(15-7-8-16-26)18-9-3-2-4-10-18/h2-6,9-14,17H,7-8,15-16H2,1H3,(H,28,31)(H,29,30). The van der Waals surface area contributed by atoms with Crippen LogP contribution in [0.25, 0.3) is 0 Å². The minimum atomic E-state index is -0.522. The number of rotatable bonds is 6. The minimum absolute atomic E-state index is 0.0175. The normalized spacial score (nSPS) is 14.6. The van der Waals surface area contributed by atoms with Gasteiger partial charge in [-0.1, -0.05) is 66.9 Å². The van der Waals surface area contributed by atoms with Crippen molar-refractivity contribution in [3.63, 3.8) is 0 Å². The third kappa shape index (κ3) is 4.34. The van der Waals surface area contributed by atoms with Crippen molar-refractivity contribution in [1.82, 2.24) is 0 Å². The number of hydrogen-bond donors (Lipinski definition) is 2. The van der Waals surface area contributed by atoms with Crippen molar-refractivity contribution < 1.29 is 14.3 Å². The van der Waals surface area contributed by atoms with Gasteiger partial charge in [-0.2, -0.15) is 0 Å². The van der Waals surface area contributed by atoms with E-state index in [4.69, 9.17) is 16.3 Å². The number of hydrogen-bond acceptors (Lipinski definition) is 3. The molecule has 0 aliphatic heterocycles. The van der Waals surface area contributed by atoms with E-state index >= 15 is 0 Å². The molecule has 2 amide bonds. The van der Waals surface area contributed by atoms with Gasteiger partial charge in [0.2, 0.25) is 5.91 Å². The molecule has 1 fully saturated rings. The van der Waals surface area contributed by atoms with Crippen LogP contribution in [-0.2, 0) is 10.2 Å². The van der Waals surface area contributed by atoms with Gasteiger partial charge in [-0.05, 0) is 42.7 Å². The van der Waals surface area contributed by atoms with Gasteiger partial charge in [-0.3, -0.25) is 9.59 Å². The van der Waals surface area contributed by atoms with Crippen molar-refractivity contribution in [3.8, 4) is 5.75 Å². The molecule has 6 heteroatoms. The fourth-order valence-corrected chi connectivity index (χ4v) is 4.56. The summed E-state index contributed by atoms with van der Waals surface area (Å²) in [7, 11) is 1.52. The molecule has 1 aliphatic rings. The van der Waals surface area contributed by atoms with E-state index in [0.29, 0.717) is 27.7 Å². The summed E-state index contributed by atoms with van der Waals surface area (Å²) in [5.74, 6) is 0.0964. The summed E-state index contributed by atoms with van der Waals surface area (Å²) < 4.78 is 5.47. The van der Waals surface area contributed by atoms with Crippen molar-refractivity contribution in [1.29, 1.82) is 0 Å². The molecule has 32 heavy (non-hydrogen) atoms. The Balaban J connectivity index is 1.54. The van der Waals surface area contributed by atoms with Crippen LogP contribution >= 0.6 is 11.6 Å². The smallest absolute Gasteiger partial charge is 0.257 e. The highest BCUT2D eigenvalue weighted by Crippen LogP contribution is 2.42. The first-order chi connectivity index (χ1) is 15.5. The molecule has 3 aromatic rings. The molecule has 0 saturated heterocycles. The van der Waals surface area contributed by atoms with Crippen molar-refractivity contribution in [2.45, 2.75) is 31.1 Å². The van der Waals surface area contributed by atoms with Crippen LogP contribution in [0.4, 0.5) is 11.4 Å². The van der Waals surface area contributed by atoms with Gasteiger partial charge >= 0.3 is 0 Å². The third-order valence-electron chi connectivity index (χ3n) is 6.04. The Hall–Kier alpha value is -3.31. The maximum Gasteiger partial charge on any atom is 0.257 e. The van der Waals surface area contributed by atoms with Gasteiger partial charge in [-0.25, -0.2) is 0 Å². The second-order valence-corrected chi connectivity index (χ2v) is 8.37. The summed E-state index contributed by atoms with van der Waals surface area (Å²) in [6.45, 7) is 0. The van der Waals surface area contributed by atoms with Gasteiger partial charge in [0, 0.05) is 11.8 Å². The molecule has 4 rings (SSSR count). The summed E-state index contributed by atoms with van der Waals surface area (Å²) >= 11 is 6.13. The van der Waals surface area contributed by atoms with Gasteiger partial charge in [0.15, 0.2) is 0 Å². The number of ether oxygens (including phenoxy) is 1. The second kappa shape index (κ2) is 9.45. The lowest BCUT2D eigenvalue weighted by Crippen LogP contribution is -2.37. The zero-order valence-electron chi connectivity index (χ0n) is 17.9. The van der Waals surface area contributed by atoms with Crippen LogP contribution in [0.3, 0.4) is 0 Å². The lowest BCUT2D eigenvalue weighted by Gasteiger charge is -2.28. The Bertz CT molecular complexity index is 1120. The first kappa shape index (κ1) is 21.9. The zero-order chi connectivity index (χ0) is 22.6. The molecular weight excluding hydrogens is 424 g/mol. The van der Waals surface area contributed by atoms with E-state index in [1.165, 1.54) is 7.11 Å². The molecule has 3 aromatic carbocycles. The average Bonchev–Trinajstić information content (AvgIpc) is 3.32. The molecule has 1 saturated carbocycles. The Morgan fingerprint density at radius 2 is 1.59 bits per heavy atom. The van der Waals surface area contributed by atoms with Crippen molar-refractivity contribution in [3.05, 3.63) is 88.9 Å². The van der Waals surface area contributed by atoms with Crippen LogP contribution in [0.5, 0.6) is 5.75 Å². The topological polar surface area (TPSA) is 67.4 Å². The number of halogens is 1. The zero-order valence-corrected chi connectivity index (χ0v) is 18.6. The fourth-order valence-electron chi connectivity index (χ4n) is 4.34. The highest BCUT2D eigenvalue weighted by atomic mass is 35.5. The van der Waals surface area contributed by atoms with Crippen LogP contribution < -0.4 is 15.4 Å². The highest BCUT2D eigenvalue weighted by Gasteiger charge is 2.42. The molecule has 0 radical (unpaired) electrons. The molecule has 0 spiro atoms. The van der Waals surface area contributed by atoms with E-state index in [1.54, 1.807) is 42.5 Å². The Labute approximate surface area is 192 Å². The lowest BCUT2D eigenvalue weighted by atomic mass is 9.78. The molecule has 164 valence electrons. The minimum Gasteiger partial charge on any atom is -0.494 e. The lowest BCUT2D eigenvalue weighted by molar-refractivity contribution is -0.121. The Morgan fingerprint density at radius 3 is 2.28 bits per heavy atom. The molecular formula is C26H25ClN2O3. The Morgan fingerprint density at radius 1 is 0.906 bits per heavy atom. The molecule has 0 bridgehead atoms. The van der Waals surface area contributed by atoms with Gasteiger partial charge in [0.25, 0.3) is 5.91 Å². The monoisotopic (exact) mass is 448 g/mol. The van der Waals surface area contributed by atoms with E-state index in [-0.39, 0.29) is 11.8 Å². The van der Waals surface area contributed by atoms with E-state index < -0.39 is 5.41 Å². The van der Waals surface area contributed by atoms with Gasteiger partial charge in [0.1, 0.15) is 5.75 Å². The van der Waals surface area contributed by atoms with Crippen molar-refractivity contribution in [2.75, 3.05) is 17.7 Å². The van der Waals surface area contributed by atoms with E-state index in [0.717, 1.165) is 31.2 Å². The summed E-state index contributed by atoms with van der Waals surface area (Å²) in [6, 6.07) is 22.0. The van der Waals surface area contributed by atoms with Crippen LogP contribution in [0.1, 0.15) is 41.6 Å². The molecule has 2 N–H and O–H groups in total. The number of nitrogens with one attached hydrogen (secondary N) is 2. The maximum absolute atomic E-state index is 13.4.